The lowest BCUT2D eigenvalue weighted by Crippen LogP contribution is -2.42. The van der Waals surface area contributed by atoms with Gasteiger partial charge in [-0.25, -0.2) is 0 Å². The highest BCUT2D eigenvalue weighted by Gasteiger charge is 2.11. The molecule has 3 N–H and O–H groups in total. The van der Waals surface area contributed by atoms with Gasteiger partial charge in [0.2, 0.25) is 0 Å². The number of rotatable bonds is 7. The van der Waals surface area contributed by atoms with E-state index in [0.717, 1.165) is 26.2 Å². The Morgan fingerprint density at radius 2 is 1.62 bits per heavy atom. The number of nitrogens with zero attached hydrogens (tertiary/aromatic N) is 1. The van der Waals surface area contributed by atoms with Gasteiger partial charge in [0, 0.05) is 38.3 Å². The van der Waals surface area contributed by atoms with Gasteiger partial charge in [0.1, 0.15) is 0 Å². The summed E-state index contributed by atoms with van der Waals surface area (Å²) in [5, 5.41) is 3.31. The maximum atomic E-state index is 5.39. The van der Waals surface area contributed by atoms with Crippen LogP contribution in [0.4, 0.5) is 0 Å². The minimum Gasteiger partial charge on any atom is -0.329 e. The van der Waals surface area contributed by atoms with Gasteiger partial charge in [-0.3, -0.25) is 4.90 Å². The first-order valence-corrected chi connectivity index (χ1v) is 5.26. The molecule has 0 aromatic heterocycles. The van der Waals surface area contributed by atoms with Crippen molar-refractivity contribution in [1.29, 1.82) is 0 Å². The topological polar surface area (TPSA) is 41.3 Å². The quantitative estimate of drug-likeness (QED) is 0.575. The van der Waals surface area contributed by atoms with E-state index in [2.05, 4.69) is 37.9 Å². The molecular formula is C10H25N3. The Bertz CT molecular complexity index is 105. The molecule has 0 rings (SSSR count). The molecule has 0 aromatic carbocycles. The van der Waals surface area contributed by atoms with Gasteiger partial charge in [0.05, 0.1) is 0 Å². The molecule has 0 bridgehead atoms. The summed E-state index contributed by atoms with van der Waals surface area (Å²) in [6, 6.07) is 1.25. The molecule has 0 spiro atoms. The van der Waals surface area contributed by atoms with Gasteiger partial charge in [-0.1, -0.05) is 0 Å². The fourth-order valence-electron chi connectivity index (χ4n) is 1.55. The van der Waals surface area contributed by atoms with Crippen LogP contribution in [0.15, 0.2) is 0 Å². The zero-order valence-corrected chi connectivity index (χ0v) is 9.51. The zero-order valence-electron chi connectivity index (χ0n) is 9.51. The van der Waals surface area contributed by atoms with Gasteiger partial charge in [-0.2, -0.15) is 0 Å². The standard InChI is InChI=1S/C10H25N3/c1-9(2)13(10(3)4)8-7-12-6-5-11/h9-10,12H,5-8,11H2,1-4H3. The second-order valence-electron chi connectivity index (χ2n) is 3.96. The molecule has 3 nitrogen and oxygen atoms in total. The van der Waals surface area contributed by atoms with E-state index in [1.807, 2.05) is 0 Å². The highest BCUT2D eigenvalue weighted by Crippen LogP contribution is 2.02. The summed E-state index contributed by atoms with van der Waals surface area (Å²) in [4.78, 5) is 2.48. The van der Waals surface area contributed by atoms with Crippen LogP contribution >= 0.6 is 0 Å². The Labute approximate surface area is 82.7 Å². The summed E-state index contributed by atoms with van der Waals surface area (Å²) in [7, 11) is 0. The van der Waals surface area contributed by atoms with Crippen molar-refractivity contribution in [3.8, 4) is 0 Å². The molecule has 0 fully saturated rings. The van der Waals surface area contributed by atoms with Gasteiger partial charge in [0.15, 0.2) is 0 Å². The normalized spacial score (nSPS) is 12.0. The molecule has 0 aromatic rings. The van der Waals surface area contributed by atoms with Crippen molar-refractivity contribution in [2.24, 2.45) is 5.73 Å². The van der Waals surface area contributed by atoms with E-state index >= 15 is 0 Å². The Balaban J connectivity index is 3.58. The molecule has 0 aliphatic carbocycles. The third-order valence-corrected chi connectivity index (χ3v) is 2.19. The smallest absolute Gasteiger partial charge is 0.0112 e. The van der Waals surface area contributed by atoms with Crippen LogP contribution in [0.3, 0.4) is 0 Å². The van der Waals surface area contributed by atoms with Gasteiger partial charge in [0.25, 0.3) is 0 Å². The molecule has 0 unspecified atom stereocenters. The van der Waals surface area contributed by atoms with Crippen LogP contribution in [0.2, 0.25) is 0 Å². The molecule has 3 heteroatoms. The van der Waals surface area contributed by atoms with E-state index in [1.54, 1.807) is 0 Å². The predicted molar refractivity (Wildman–Crippen MR) is 58.9 cm³/mol. The van der Waals surface area contributed by atoms with E-state index in [4.69, 9.17) is 5.73 Å². The van der Waals surface area contributed by atoms with Crippen LogP contribution in [0.1, 0.15) is 27.7 Å². The lowest BCUT2D eigenvalue weighted by Gasteiger charge is -2.30. The summed E-state index contributed by atoms with van der Waals surface area (Å²) >= 11 is 0. The Hall–Kier alpha value is -0.120. The maximum Gasteiger partial charge on any atom is 0.0112 e. The summed E-state index contributed by atoms with van der Waals surface area (Å²) in [6.07, 6.45) is 0. The maximum absolute atomic E-state index is 5.39. The average Bonchev–Trinajstić information content (AvgIpc) is 2.02. The fraction of sp³-hybridized carbons (Fsp3) is 1.00. The Kier molecular flexibility index (Phi) is 7.23. The van der Waals surface area contributed by atoms with Crippen molar-refractivity contribution >= 4 is 0 Å². The first kappa shape index (κ1) is 12.9. The van der Waals surface area contributed by atoms with Crippen LogP contribution in [-0.2, 0) is 0 Å². The number of nitrogens with two attached hydrogens (primary N) is 1. The van der Waals surface area contributed by atoms with Crippen molar-refractivity contribution in [2.45, 2.75) is 39.8 Å². The molecular weight excluding hydrogens is 162 g/mol. The molecule has 80 valence electrons. The molecule has 0 heterocycles. The third kappa shape index (κ3) is 6.02. The zero-order chi connectivity index (χ0) is 10.3. The van der Waals surface area contributed by atoms with Crippen molar-refractivity contribution in [3.05, 3.63) is 0 Å². The van der Waals surface area contributed by atoms with Crippen LogP contribution in [0.25, 0.3) is 0 Å². The lowest BCUT2D eigenvalue weighted by atomic mass is 10.2. The first-order valence-electron chi connectivity index (χ1n) is 5.26. The summed E-state index contributed by atoms with van der Waals surface area (Å²) in [5.74, 6) is 0. The SMILES string of the molecule is CC(C)N(CCNCCN)C(C)C. The van der Waals surface area contributed by atoms with E-state index in [0.29, 0.717) is 12.1 Å². The Morgan fingerprint density at radius 1 is 1.08 bits per heavy atom. The Morgan fingerprint density at radius 3 is 2.00 bits per heavy atom. The molecule has 0 atom stereocenters. The molecule has 0 saturated carbocycles. The van der Waals surface area contributed by atoms with E-state index in [-0.39, 0.29) is 0 Å². The van der Waals surface area contributed by atoms with Gasteiger partial charge in [-0.15, -0.1) is 0 Å². The predicted octanol–water partition coefficient (Wildman–Crippen LogP) is 0.654. The molecule has 0 aliphatic rings. The molecule has 0 saturated heterocycles. The summed E-state index contributed by atoms with van der Waals surface area (Å²) in [6.45, 7) is 12.7. The molecule has 0 aliphatic heterocycles. The molecule has 0 radical (unpaired) electrons. The fourth-order valence-corrected chi connectivity index (χ4v) is 1.55. The number of nitrogens with one attached hydrogen (secondary N) is 1. The largest absolute Gasteiger partial charge is 0.329 e. The average molecular weight is 187 g/mol. The monoisotopic (exact) mass is 187 g/mol. The van der Waals surface area contributed by atoms with Crippen LogP contribution in [0, 0.1) is 0 Å². The van der Waals surface area contributed by atoms with E-state index in [9.17, 15) is 0 Å². The van der Waals surface area contributed by atoms with Gasteiger partial charge >= 0.3 is 0 Å². The van der Waals surface area contributed by atoms with Gasteiger partial charge in [-0.05, 0) is 27.7 Å². The number of hydrogen-bond donors (Lipinski definition) is 2. The highest BCUT2D eigenvalue weighted by molar-refractivity contribution is 4.68. The van der Waals surface area contributed by atoms with Crippen molar-refractivity contribution in [2.75, 3.05) is 26.2 Å². The summed E-state index contributed by atoms with van der Waals surface area (Å²) in [5.41, 5.74) is 5.39. The van der Waals surface area contributed by atoms with Crippen LogP contribution < -0.4 is 11.1 Å². The van der Waals surface area contributed by atoms with E-state index in [1.165, 1.54) is 0 Å². The third-order valence-electron chi connectivity index (χ3n) is 2.19. The minimum absolute atomic E-state index is 0.625. The lowest BCUT2D eigenvalue weighted by molar-refractivity contribution is 0.176. The first-order chi connectivity index (χ1) is 6.09. The van der Waals surface area contributed by atoms with Crippen molar-refractivity contribution in [1.82, 2.24) is 10.2 Å². The molecule has 13 heavy (non-hydrogen) atoms. The van der Waals surface area contributed by atoms with Crippen LogP contribution in [-0.4, -0.2) is 43.2 Å². The highest BCUT2D eigenvalue weighted by atomic mass is 15.2. The van der Waals surface area contributed by atoms with Crippen molar-refractivity contribution < 1.29 is 0 Å². The molecule has 0 amide bonds. The van der Waals surface area contributed by atoms with Gasteiger partial charge < -0.3 is 11.1 Å². The van der Waals surface area contributed by atoms with E-state index < -0.39 is 0 Å². The second kappa shape index (κ2) is 7.30. The number of hydrogen-bond acceptors (Lipinski definition) is 3. The minimum atomic E-state index is 0.625. The second-order valence-corrected chi connectivity index (χ2v) is 3.96. The van der Waals surface area contributed by atoms with Crippen LogP contribution in [0.5, 0.6) is 0 Å². The van der Waals surface area contributed by atoms with Crippen molar-refractivity contribution in [3.63, 3.8) is 0 Å². The summed E-state index contributed by atoms with van der Waals surface area (Å²) < 4.78 is 0.